The summed E-state index contributed by atoms with van der Waals surface area (Å²) in [6.07, 6.45) is 1.50. The van der Waals surface area contributed by atoms with E-state index >= 15 is 0 Å². The fourth-order valence-electron chi connectivity index (χ4n) is 4.96. The van der Waals surface area contributed by atoms with Crippen LogP contribution in [-0.2, 0) is 21.4 Å². The van der Waals surface area contributed by atoms with E-state index in [0.29, 0.717) is 36.8 Å². The highest BCUT2D eigenvalue weighted by Gasteiger charge is 2.58. The Morgan fingerprint density at radius 3 is 2.87 bits per heavy atom. The van der Waals surface area contributed by atoms with Crippen molar-refractivity contribution in [3.8, 4) is 0 Å². The van der Waals surface area contributed by atoms with Gasteiger partial charge < -0.3 is 14.7 Å². The fourth-order valence-corrected chi connectivity index (χ4v) is 4.96. The zero-order chi connectivity index (χ0) is 21.5. The van der Waals surface area contributed by atoms with Gasteiger partial charge in [0.25, 0.3) is 0 Å². The van der Waals surface area contributed by atoms with E-state index < -0.39 is 5.41 Å². The molecule has 3 atom stereocenters. The van der Waals surface area contributed by atoms with Crippen molar-refractivity contribution in [2.75, 3.05) is 13.1 Å². The summed E-state index contributed by atoms with van der Waals surface area (Å²) in [5, 5.41) is 7.05. The first-order valence-corrected chi connectivity index (χ1v) is 10.4. The van der Waals surface area contributed by atoms with Crippen molar-refractivity contribution in [2.24, 2.45) is 11.8 Å². The topological polar surface area (TPSA) is 88.3 Å². The van der Waals surface area contributed by atoms with E-state index in [-0.39, 0.29) is 41.9 Å². The second-order valence-corrected chi connectivity index (χ2v) is 8.88. The molecule has 1 aromatic carbocycles. The summed E-state index contributed by atoms with van der Waals surface area (Å²) in [6, 6.07) is 6.02. The number of likely N-dealkylation sites (tertiary alicyclic amines) is 1. The molecule has 8 heteroatoms. The third kappa shape index (κ3) is 3.82. The summed E-state index contributed by atoms with van der Waals surface area (Å²) in [5.41, 5.74) is 0.199. The molecule has 2 aliphatic rings. The van der Waals surface area contributed by atoms with Crippen molar-refractivity contribution in [2.45, 2.75) is 51.5 Å². The Hall–Kier alpha value is -2.77. The normalized spacial score (nSPS) is 25.6. The molecule has 1 aromatic heterocycles. The van der Waals surface area contributed by atoms with E-state index in [1.54, 1.807) is 19.1 Å². The van der Waals surface area contributed by atoms with Gasteiger partial charge in [-0.1, -0.05) is 31.1 Å². The molecule has 0 spiro atoms. The number of rotatable bonds is 5. The first-order chi connectivity index (χ1) is 14.3. The van der Waals surface area contributed by atoms with E-state index in [2.05, 4.69) is 15.5 Å². The Labute approximate surface area is 175 Å². The van der Waals surface area contributed by atoms with Crippen molar-refractivity contribution in [1.29, 1.82) is 0 Å². The summed E-state index contributed by atoms with van der Waals surface area (Å²) in [4.78, 5) is 31.5. The Morgan fingerprint density at radius 1 is 1.40 bits per heavy atom. The summed E-state index contributed by atoms with van der Waals surface area (Å²) in [5.74, 6) is 0.795. The number of fused-ring (bicyclic) bond motifs is 1. The van der Waals surface area contributed by atoms with Crippen molar-refractivity contribution in [1.82, 2.24) is 20.4 Å². The maximum absolute atomic E-state index is 13.4. The lowest BCUT2D eigenvalue weighted by molar-refractivity contribution is -0.134. The van der Waals surface area contributed by atoms with Crippen LogP contribution in [0.3, 0.4) is 0 Å². The van der Waals surface area contributed by atoms with E-state index in [9.17, 15) is 14.0 Å². The van der Waals surface area contributed by atoms with Gasteiger partial charge in [-0.15, -0.1) is 0 Å². The molecular formula is C22H27FN4O3. The Balaban J connectivity index is 1.49. The molecule has 160 valence electrons. The van der Waals surface area contributed by atoms with Gasteiger partial charge in [-0.05, 0) is 43.4 Å². The first-order valence-electron chi connectivity index (χ1n) is 10.4. The number of nitrogens with one attached hydrogen (secondary N) is 1. The maximum Gasteiger partial charge on any atom is 0.235 e. The zero-order valence-electron chi connectivity index (χ0n) is 17.5. The highest BCUT2D eigenvalue weighted by molar-refractivity contribution is 5.79. The van der Waals surface area contributed by atoms with E-state index in [4.69, 9.17) is 4.52 Å². The molecule has 1 saturated carbocycles. The van der Waals surface area contributed by atoms with Crippen molar-refractivity contribution in [3.05, 3.63) is 47.4 Å². The van der Waals surface area contributed by atoms with Crippen LogP contribution in [0.15, 0.2) is 28.8 Å². The number of hydrogen-bond acceptors (Lipinski definition) is 5. The van der Waals surface area contributed by atoms with Crippen LogP contribution in [0.25, 0.3) is 0 Å². The number of halogens is 1. The SMILES string of the molecule is Cc1noc([C@]23C[C@H](NC(=O)Cc4cccc(F)c4)CC2CN(C(=O)C(C)C)C3)n1. The summed E-state index contributed by atoms with van der Waals surface area (Å²) < 4.78 is 18.9. The largest absolute Gasteiger partial charge is 0.353 e. The summed E-state index contributed by atoms with van der Waals surface area (Å²) in [7, 11) is 0. The van der Waals surface area contributed by atoms with Crippen molar-refractivity contribution in [3.63, 3.8) is 0 Å². The van der Waals surface area contributed by atoms with Gasteiger partial charge in [-0.25, -0.2) is 4.39 Å². The number of benzene rings is 1. The van der Waals surface area contributed by atoms with Crippen molar-refractivity contribution < 1.29 is 18.5 Å². The average molecular weight is 414 g/mol. The highest BCUT2D eigenvalue weighted by Crippen LogP contribution is 2.50. The van der Waals surface area contributed by atoms with Gasteiger partial charge in [0.1, 0.15) is 5.82 Å². The number of nitrogens with zero attached hydrogens (tertiary/aromatic N) is 3. The van der Waals surface area contributed by atoms with Gasteiger partial charge >= 0.3 is 0 Å². The van der Waals surface area contributed by atoms with Gasteiger partial charge in [0.2, 0.25) is 17.7 Å². The molecule has 1 N–H and O–H groups in total. The molecule has 2 fully saturated rings. The lowest BCUT2D eigenvalue weighted by Crippen LogP contribution is -2.40. The first kappa shape index (κ1) is 20.5. The zero-order valence-corrected chi connectivity index (χ0v) is 17.5. The van der Waals surface area contributed by atoms with Gasteiger partial charge in [-0.2, -0.15) is 4.98 Å². The van der Waals surface area contributed by atoms with E-state index in [0.717, 1.165) is 6.42 Å². The van der Waals surface area contributed by atoms with Gasteiger partial charge in [0.15, 0.2) is 5.82 Å². The average Bonchev–Trinajstić information content (AvgIpc) is 3.33. The maximum atomic E-state index is 13.4. The Kier molecular flexibility index (Phi) is 5.34. The van der Waals surface area contributed by atoms with Crippen LogP contribution in [0.5, 0.6) is 0 Å². The number of hydrogen-bond donors (Lipinski definition) is 1. The molecule has 7 nitrogen and oxygen atoms in total. The minimum Gasteiger partial charge on any atom is -0.353 e. The minimum atomic E-state index is -0.442. The smallest absolute Gasteiger partial charge is 0.235 e. The van der Waals surface area contributed by atoms with Gasteiger partial charge in [0.05, 0.1) is 11.8 Å². The highest BCUT2D eigenvalue weighted by atomic mass is 19.1. The molecule has 30 heavy (non-hydrogen) atoms. The van der Waals surface area contributed by atoms with Gasteiger partial charge in [0, 0.05) is 25.0 Å². The molecule has 1 saturated heterocycles. The Morgan fingerprint density at radius 2 is 2.20 bits per heavy atom. The number of aromatic nitrogens is 2. The molecule has 2 aromatic rings. The Bertz CT molecular complexity index is 959. The number of amides is 2. The third-order valence-electron chi connectivity index (χ3n) is 6.25. The number of carbonyl (C=O) groups is 2. The molecule has 0 radical (unpaired) electrons. The molecule has 0 bridgehead atoms. The standard InChI is InChI=1S/C22H27FN4O3/c1-13(2)20(29)27-11-16-9-18(10-22(16,12-27)21-24-14(3)26-30-21)25-19(28)8-15-5-4-6-17(23)7-15/h4-7,13,16,18H,8-12H2,1-3H3,(H,25,28)/t16?,18-,22+/m1/s1. The second kappa shape index (κ2) is 7.81. The number of carbonyl (C=O) groups excluding carboxylic acids is 2. The quantitative estimate of drug-likeness (QED) is 0.812. The molecule has 1 unspecified atom stereocenters. The van der Waals surface area contributed by atoms with Crippen LogP contribution in [0.1, 0.15) is 44.0 Å². The minimum absolute atomic E-state index is 0.0560. The predicted molar refractivity (Wildman–Crippen MR) is 107 cm³/mol. The van der Waals surface area contributed by atoms with Crippen LogP contribution in [0.4, 0.5) is 4.39 Å². The van der Waals surface area contributed by atoms with Crippen LogP contribution in [0, 0.1) is 24.6 Å². The van der Waals surface area contributed by atoms with E-state index in [1.807, 2.05) is 18.7 Å². The lowest BCUT2D eigenvalue weighted by Gasteiger charge is -2.26. The summed E-state index contributed by atoms with van der Waals surface area (Å²) >= 11 is 0. The van der Waals surface area contributed by atoms with Crippen LogP contribution in [0.2, 0.25) is 0 Å². The molecule has 2 heterocycles. The molecule has 1 aliphatic carbocycles. The summed E-state index contributed by atoms with van der Waals surface area (Å²) in [6.45, 7) is 6.71. The van der Waals surface area contributed by atoms with Crippen LogP contribution in [-0.4, -0.2) is 46.0 Å². The number of aryl methyl sites for hydroxylation is 1. The van der Waals surface area contributed by atoms with Crippen molar-refractivity contribution >= 4 is 11.8 Å². The molecule has 2 amide bonds. The second-order valence-electron chi connectivity index (χ2n) is 8.88. The third-order valence-corrected chi connectivity index (χ3v) is 6.25. The monoisotopic (exact) mass is 414 g/mol. The van der Waals surface area contributed by atoms with Crippen LogP contribution >= 0.6 is 0 Å². The molecule has 4 rings (SSSR count). The molecule has 1 aliphatic heterocycles. The molecular weight excluding hydrogens is 387 g/mol. The van der Waals surface area contributed by atoms with Crippen LogP contribution < -0.4 is 5.32 Å². The van der Waals surface area contributed by atoms with Gasteiger partial charge in [-0.3, -0.25) is 9.59 Å². The lowest BCUT2D eigenvalue weighted by atomic mass is 9.80. The fraction of sp³-hybridized carbons (Fsp3) is 0.545. The van der Waals surface area contributed by atoms with E-state index in [1.165, 1.54) is 12.1 Å². The predicted octanol–water partition coefficient (Wildman–Crippen LogP) is 2.39.